The Bertz CT molecular complexity index is 845. The summed E-state index contributed by atoms with van der Waals surface area (Å²) in [5, 5.41) is 1.07. The fraction of sp³-hybridized carbons (Fsp3) is 0.294. The molecule has 0 bridgehead atoms. The molecule has 3 aromatic rings. The highest BCUT2D eigenvalue weighted by Crippen LogP contribution is 2.30. The van der Waals surface area contributed by atoms with Crippen molar-refractivity contribution in [3.8, 4) is 5.88 Å². The highest BCUT2D eigenvalue weighted by atomic mass is 79.9. The molecule has 1 aromatic carbocycles. The molecule has 6 nitrogen and oxygen atoms in total. The van der Waals surface area contributed by atoms with E-state index in [4.69, 9.17) is 4.74 Å². The number of rotatable bonds is 4. The second-order valence-electron chi connectivity index (χ2n) is 5.81. The average molecular weight is 386 g/mol. The topological polar surface area (TPSA) is 64.0 Å². The summed E-state index contributed by atoms with van der Waals surface area (Å²) in [4.78, 5) is 19.3. The van der Waals surface area contributed by atoms with Crippen molar-refractivity contribution in [2.45, 2.75) is 6.42 Å². The summed E-state index contributed by atoms with van der Waals surface area (Å²) in [6, 6.07) is 6.09. The van der Waals surface area contributed by atoms with Crippen LogP contribution in [0.25, 0.3) is 10.9 Å². The van der Waals surface area contributed by atoms with E-state index in [1.54, 1.807) is 24.9 Å². The molecular formula is C17H16BrN5O. The smallest absolute Gasteiger partial charge is 0.232 e. The Morgan fingerprint density at radius 2 is 2.17 bits per heavy atom. The predicted octanol–water partition coefficient (Wildman–Crippen LogP) is 3.09. The third-order valence-electron chi connectivity index (χ3n) is 4.17. The van der Waals surface area contributed by atoms with Crippen LogP contribution in [0.1, 0.15) is 6.42 Å². The second kappa shape index (κ2) is 6.68. The van der Waals surface area contributed by atoms with Gasteiger partial charge in [-0.25, -0.2) is 15.0 Å². The number of halogens is 1. The van der Waals surface area contributed by atoms with Crippen LogP contribution in [-0.2, 0) is 0 Å². The maximum atomic E-state index is 5.74. The third kappa shape index (κ3) is 3.17. The molecule has 0 radical (unpaired) electrons. The normalized spacial score (nSPS) is 17.4. The molecule has 1 saturated heterocycles. The number of benzene rings is 1. The lowest BCUT2D eigenvalue weighted by atomic mass is 10.1. The van der Waals surface area contributed by atoms with Crippen LogP contribution >= 0.6 is 15.9 Å². The van der Waals surface area contributed by atoms with Crippen LogP contribution in [0, 0.1) is 5.92 Å². The van der Waals surface area contributed by atoms with Gasteiger partial charge in [0.25, 0.3) is 0 Å². The molecule has 3 heterocycles. The summed E-state index contributed by atoms with van der Waals surface area (Å²) in [5.41, 5.74) is 0.961. The number of hydrogen-bond acceptors (Lipinski definition) is 6. The number of anilines is 1. The van der Waals surface area contributed by atoms with Gasteiger partial charge in [-0.05, 0) is 24.6 Å². The summed E-state index contributed by atoms with van der Waals surface area (Å²) in [7, 11) is 0. The van der Waals surface area contributed by atoms with Gasteiger partial charge in [0.15, 0.2) is 0 Å². The van der Waals surface area contributed by atoms with Crippen molar-refractivity contribution in [3.05, 3.63) is 47.6 Å². The van der Waals surface area contributed by atoms with Crippen molar-refractivity contribution in [2.24, 2.45) is 5.92 Å². The summed E-state index contributed by atoms with van der Waals surface area (Å²) in [6.07, 6.45) is 7.63. The second-order valence-corrected chi connectivity index (χ2v) is 6.73. The van der Waals surface area contributed by atoms with Gasteiger partial charge in [0.1, 0.15) is 12.1 Å². The van der Waals surface area contributed by atoms with E-state index in [1.807, 2.05) is 12.1 Å². The first kappa shape index (κ1) is 15.3. The molecule has 1 unspecified atom stereocenters. The van der Waals surface area contributed by atoms with Crippen molar-refractivity contribution in [3.63, 3.8) is 0 Å². The zero-order valence-corrected chi connectivity index (χ0v) is 14.6. The van der Waals surface area contributed by atoms with Gasteiger partial charge in [-0.3, -0.25) is 4.98 Å². The molecule has 1 fully saturated rings. The van der Waals surface area contributed by atoms with Gasteiger partial charge in [0, 0.05) is 41.3 Å². The summed E-state index contributed by atoms with van der Waals surface area (Å²) in [5.74, 6) is 2.01. The number of fused-ring (bicyclic) bond motifs is 1. The zero-order valence-electron chi connectivity index (χ0n) is 13.0. The van der Waals surface area contributed by atoms with Gasteiger partial charge in [-0.1, -0.05) is 15.9 Å². The molecule has 0 saturated carbocycles. The Hall–Kier alpha value is -2.28. The summed E-state index contributed by atoms with van der Waals surface area (Å²) < 4.78 is 6.78. The average Bonchev–Trinajstić information content (AvgIpc) is 3.09. The Morgan fingerprint density at radius 1 is 1.21 bits per heavy atom. The van der Waals surface area contributed by atoms with E-state index >= 15 is 0 Å². The summed E-state index contributed by atoms with van der Waals surface area (Å²) >= 11 is 3.53. The first-order chi connectivity index (χ1) is 11.8. The molecular weight excluding hydrogens is 370 g/mol. The molecule has 7 heteroatoms. The molecule has 1 aliphatic heterocycles. The first-order valence-corrected chi connectivity index (χ1v) is 8.63. The molecule has 1 atom stereocenters. The fourth-order valence-electron chi connectivity index (χ4n) is 2.99. The van der Waals surface area contributed by atoms with Crippen LogP contribution in [0.15, 0.2) is 47.6 Å². The van der Waals surface area contributed by atoms with Crippen molar-refractivity contribution >= 4 is 32.7 Å². The van der Waals surface area contributed by atoms with Crippen LogP contribution in [0.3, 0.4) is 0 Å². The Labute approximate surface area is 148 Å². The lowest BCUT2D eigenvalue weighted by Crippen LogP contribution is -2.23. The SMILES string of the molecule is Brc1ccc2ncnc(N3CCC(COc4cnccn4)C3)c2c1. The minimum absolute atomic E-state index is 0.448. The van der Waals surface area contributed by atoms with E-state index in [2.05, 4.69) is 46.8 Å². The molecule has 2 aromatic heterocycles. The van der Waals surface area contributed by atoms with E-state index in [9.17, 15) is 0 Å². The van der Waals surface area contributed by atoms with Crippen LogP contribution in [0.2, 0.25) is 0 Å². The molecule has 4 rings (SSSR count). The predicted molar refractivity (Wildman–Crippen MR) is 95.1 cm³/mol. The Balaban J connectivity index is 1.48. The minimum Gasteiger partial charge on any atom is -0.476 e. The van der Waals surface area contributed by atoms with Gasteiger partial charge in [0.05, 0.1) is 18.3 Å². The van der Waals surface area contributed by atoms with Crippen molar-refractivity contribution in [1.82, 2.24) is 19.9 Å². The van der Waals surface area contributed by atoms with Crippen LogP contribution < -0.4 is 9.64 Å². The van der Waals surface area contributed by atoms with E-state index in [1.165, 1.54) is 0 Å². The van der Waals surface area contributed by atoms with Gasteiger partial charge in [-0.2, -0.15) is 0 Å². The molecule has 0 amide bonds. The molecule has 122 valence electrons. The lowest BCUT2D eigenvalue weighted by Gasteiger charge is -2.19. The minimum atomic E-state index is 0.448. The van der Waals surface area contributed by atoms with Crippen molar-refractivity contribution < 1.29 is 4.74 Å². The standard InChI is InChI=1S/C17H16BrN5O/c18-13-1-2-15-14(7-13)17(22-11-21-15)23-6-3-12(9-23)10-24-16-8-19-4-5-20-16/h1-2,4-5,7-8,11-12H,3,6,9-10H2. The largest absolute Gasteiger partial charge is 0.476 e. The van der Waals surface area contributed by atoms with Crippen LogP contribution in [-0.4, -0.2) is 39.6 Å². The molecule has 0 spiro atoms. The van der Waals surface area contributed by atoms with Crippen LogP contribution in [0.5, 0.6) is 5.88 Å². The number of ether oxygens (including phenoxy) is 1. The maximum absolute atomic E-state index is 5.74. The van der Waals surface area contributed by atoms with Gasteiger partial charge < -0.3 is 9.64 Å². The highest BCUT2D eigenvalue weighted by molar-refractivity contribution is 9.10. The molecule has 24 heavy (non-hydrogen) atoms. The molecule has 0 N–H and O–H groups in total. The van der Waals surface area contributed by atoms with Crippen molar-refractivity contribution in [2.75, 3.05) is 24.6 Å². The van der Waals surface area contributed by atoms with Crippen LogP contribution in [0.4, 0.5) is 5.82 Å². The van der Waals surface area contributed by atoms with Gasteiger partial charge in [-0.15, -0.1) is 0 Å². The summed E-state index contributed by atoms with van der Waals surface area (Å²) in [6.45, 7) is 2.52. The molecule has 0 aliphatic carbocycles. The van der Waals surface area contributed by atoms with Gasteiger partial charge in [0.2, 0.25) is 5.88 Å². The fourth-order valence-corrected chi connectivity index (χ4v) is 3.35. The maximum Gasteiger partial charge on any atom is 0.232 e. The number of hydrogen-bond donors (Lipinski definition) is 0. The van der Waals surface area contributed by atoms with E-state index in [0.717, 1.165) is 40.7 Å². The third-order valence-corrected chi connectivity index (χ3v) is 4.66. The quantitative estimate of drug-likeness (QED) is 0.687. The Kier molecular flexibility index (Phi) is 4.25. The lowest BCUT2D eigenvalue weighted by molar-refractivity contribution is 0.251. The number of nitrogens with zero attached hydrogens (tertiary/aromatic N) is 5. The van der Waals surface area contributed by atoms with E-state index < -0.39 is 0 Å². The Morgan fingerprint density at radius 3 is 3.04 bits per heavy atom. The van der Waals surface area contributed by atoms with Gasteiger partial charge >= 0.3 is 0 Å². The first-order valence-electron chi connectivity index (χ1n) is 7.83. The van der Waals surface area contributed by atoms with Crippen molar-refractivity contribution in [1.29, 1.82) is 0 Å². The highest BCUT2D eigenvalue weighted by Gasteiger charge is 2.25. The number of aromatic nitrogens is 4. The van der Waals surface area contributed by atoms with E-state index in [-0.39, 0.29) is 0 Å². The zero-order chi connectivity index (χ0) is 16.4. The van der Waals surface area contributed by atoms with E-state index in [0.29, 0.717) is 18.4 Å². The monoisotopic (exact) mass is 385 g/mol. The molecule has 1 aliphatic rings.